The molecule has 7 heteroatoms. The van der Waals surface area contributed by atoms with Crippen LogP contribution in [0.5, 0.6) is 17.2 Å². The summed E-state index contributed by atoms with van der Waals surface area (Å²) >= 11 is 0. The molecule has 0 atom stereocenters. The van der Waals surface area contributed by atoms with Gasteiger partial charge in [0.25, 0.3) is 11.8 Å². The van der Waals surface area contributed by atoms with Crippen LogP contribution in [0.25, 0.3) is 0 Å². The highest BCUT2D eigenvalue weighted by atomic mass is 16.5. The molecule has 0 bridgehead atoms. The zero-order chi connectivity index (χ0) is 21.3. The van der Waals surface area contributed by atoms with Crippen molar-refractivity contribution >= 4 is 11.8 Å². The van der Waals surface area contributed by atoms with Gasteiger partial charge >= 0.3 is 0 Å². The minimum Gasteiger partial charge on any atom is -0.494 e. The minimum atomic E-state index is -0.109. The van der Waals surface area contributed by atoms with Crippen molar-refractivity contribution in [2.24, 2.45) is 0 Å². The fraction of sp³-hybridized carbons (Fsp3) is 0.391. The number of carbonyl (C=O) groups excluding carboxylic acids is 2. The van der Waals surface area contributed by atoms with Crippen LogP contribution in [0.15, 0.2) is 48.5 Å². The van der Waals surface area contributed by atoms with Crippen LogP contribution in [0.4, 0.5) is 0 Å². The van der Waals surface area contributed by atoms with Gasteiger partial charge in [-0.2, -0.15) is 0 Å². The number of methoxy groups -OCH3 is 1. The monoisotopic (exact) mass is 412 g/mol. The molecule has 1 aliphatic heterocycles. The van der Waals surface area contributed by atoms with E-state index in [2.05, 4.69) is 5.32 Å². The molecule has 1 aliphatic rings. The standard InChI is InChI=1S/C23H28N2O5/c1-3-29-19-10-8-17(9-11-19)23(27)24-18-12-14-25(15-13-18)22(26)16-30-21-7-5-4-6-20(21)28-2/h4-11,18H,3,12-16H2,1-2H3,(H,24,27). The summed E-state index contributed by atoms with van der Waals surface area (Å²) in [6.07, 6.45) is 1.42. The summed E-state index contributed by atoms with van der Waals surface area (Å²) in [6.45, 7) is 3.64. The number of nitrogens with zero attached hydrogens (tertiary/aromatic N) is 1. The number of hydrogen-bond donors (Lipinski definition) is 1. The van der Waals surface area contributed by atoms with Crippen LogP contribution in [0.1, 0.15) is 30.1 Å². The van der Waals surface area contributed by atoms with E-state index in [1.54, 1.807) is 48.4 Å². The van der Waals surface area contributed by atoms with E-state index < -0.39 is 0 Å². The molecule has 2 aromatic rings. The predicted octanol–water partition coefficient (Wildman–Crippen LogP) is 2.89. The van der Waals surface area contributed by atoms with Gasteiger partial charge in [0.05, 0.1) is 13.7 Å². The largest absolute Gasteiger partial charge is 0.494 e. The SMILES string of the molecule is CCOc1ccc(C(=O)NC2CCN(C(=O)COc3ccccc3OC)CC2)cc1. The first kappa shape index (κ1) is 21.5. The maximum absolute atomic E-state index is 12.5. The summed E-state index contributed by atoms with van der Waals surface area (Å²) in [5, 5.41) is 3.05. The van der Waals surface area contributed by atoms with Crippen molar-refractivity contribution in [2.75, 3.05) is 33.4 Å². The number of para-hydroxylation sites is 2. The third-order valence-electron chi connectivity index (χ3n) is 5.03. The van der Waals surface area contributed by atoms with Gasteiger partial charge in [-0.25, -0.2) is 0 Å². The van der Waals surface area contributed by atoms with Crippen LogP contribution in [0, 0.1) is 0 Å². The first-order chi connectivity index (χ1) is 14.6. The number of nitrogens with one attached hydrogen (secondary N) is 1. The molecule has 1 N–H and O–H groups in total. The van der Waals surface area contributed by atoms with Gasteiger partial charge in [0, 0.05) is 24.7 Å². The number of benzene rings is 2. The quantitative estimate of drug-likeness (QED) is 0.721. The van der Waals surface area contributed by atoms with Gasteiger partial charge in [0.2, 0.25) is 0 Å². The molecular weight excluding hydrogens is 384 g/mol. The number of ether oxygens (including phenoxy) is 3. The van der Waals surface area contributed by atoms with E-state index >= 15 is 0 Å². The number of amides is 2. The first-order valence-corrected chi connectivity index (χ1v) is 10.2. The average molecular weight is 412 g/mol. The molecular formula is C23H28N2O5. The van der Waals surface area contributed by atoms with Gasteiger partial charge in [-0.15, -0.1) is 0 Å². The van der Waals surface area contributed by atoms with Crippen LogP contribution >= 0.6 is 0 Å². The zero-order valence-electron chi connectivity index (χ0n) is 17.4. The summed E-state index contributed by atoms with van der Waals surface area (Å²) in [6, 6.07) is 14.4. The molecule has 0 aromatic heterocycles. The summed E-state index contributed by atoms with van der Waals surface area (Å²) in [7, 11) is 1.57. The molecule has 2 aromatic carbocycles. The average Bonchev–Trinajstić information content (AvgIpc) is 2.79. The Balaban J connectivity index is 1.43. The molecule has 7 nitrogen and oxygen atoms in total. The van der Waals surface area contributed by atoms with E-state index in [0.29, 0.717) is 49.6 Å². The molecule has 0 aliphatic carbocycles. The summed E-state index contributed by atoms with van der Waals surface area (Å²) in [5.74, 6) is 1.71. The lowest BCUT2D eigenvalue weighted by molar-refractivity contribution is -0.134. The van der Waals surface area contributed by atoms with E-state index in [1.165, 1.54) is 0 Å². The first-order valence-electron chi connectivity index (χ1n) is 10.2. The second-order valence-electron chi connectivity index (χ2n) is 7.03. The van der Waals surface area contributed by atoms with Gasteiger partial charge in [-0.3, -0.25) is 9.59 Å². The van der Waals surface area contributed by atoms with Crippen molar-refractivity contribution < 1.29 is 23.8 Å². The Hall–Kier alpha value is -3.22. The Morgan fingerprint density at radius 2 is 1.67 bits per heavy atom. The van der Waals surface area contributed by atoms with E-state index in [1.807, 2.05) is 19.1 Å². The van der Waals surface area contributed by atoms with Crippen LogP contribution in [0.3, 0.4) is 0 Å². The highest BCUT2D eigenvalue weighted by Gasteiger charge is 2.24. The third kappa shape index (κ3) is 5.65. The molecule has 1 fully saturated rings. The van der Waals surface area contributed by atoms with E-state index in [4.69, 9.17) is 14.2 Å². The molecule has 2 amide bonds. The number of likely N-dealkylation sites (tertiary alicyclic amines) is 1. The predicted molar refractivity (Wildman–Crippen MR) is 113 cm³/mol. The minimum absolute atomic E-state index is 0.0381. The van der Waals surface area contributed by atoms with Crippen molar-refractivity contribution in [1.82, 2.24) is 10.2 Å². The number of piperidine rings is 1. The van der Waals surface area contributed by atoms with Crippen LogP contribution < -0.4 is 19.5 Å². The molecule has 0 radical (unpaired) electrons. The van der Waals surface area contributed by atoms with Crippen molar-refractivity contribution in [1.29, 1.82) is 0 Å². The van der Waals surface area contributed by atoms with Crippen LogP contribution in [-0.4, -0.2) is 56.2 Å². The lowest BCUT2D eigenvalue weighted by Crippen LogP contribution is -2.47. The number of rotatable bonds is 8. The molecule has 0 spiro atoms. The summed E-state index contributed by atoms with van der Waals surface area (Å²) < 4.78 is 16.3. The van der Waals surface area contributed by atoms with E-state index in [0.717, 1.165) is 5.75 Å². The van der Waals surface area contributed by atoms with Gasteiger partial charge < -0.3 is 24.4 Å². The third-order valence-corrected chi connectivity index (χ3v) is 5.03. The van der Waals surface area contributed by atoms with Crippen LogP contribution in [-0.2, 0) is 4.79 Å². The Kier molecular flexibility index (Phi) is 7.54. The van der Waals surface area contributed by atoms with E-state index in [9.17, 15) is 9.59 Å². The van der Waals surface area contributed by atoms with Crippen molar-refractivity contribution in [3.63, 3.8) is 0 Å². The Morgan fingerprint density at radius 1 is 1.00 bits per heavy atom. The van der Waals surface area contributed by atoms with Crippen LogP contribution in [0.2, 0.25) is 0 Å². The number of carbonyl (C=O) groups is 2. The molecule has 160 valence electrons. The second-order valence-corrected chi connectivity index (χ2v) is 7.03. The van der Waals surface area contributed by atoms with Gasteiger partial charge in [-0.05, 0) is 56.2 Å². The van der Waals surface area contributed by atoms with Gasteiger partial charge in [0.15, 0.2) is 18.1 Å². The molecule has 1 saturated heterocycles. The van der Waals surface area contributed by atoms with E-state index in [-0.39, 0.29) is 24.5 Å². The Bertz CT molecular complexity index is 845. The van der Waals surface area contributed by atoms with Gasteiger partial charge in [0.1, 0.15) is 5.75 Å². The van der Waals surface area contributed by atoms with Crippen molar-refractivity contribution in [2.45, 2.75) is 25.8 Å². The molecule has 3 rings (SSSR count). The van der Waals surface area contributed by atoms with Gasteiger partial charge in [-0.1, -0.05) is 12.1 Å². The highest BCUT2D eigenvalue weighted by Crippen LogP contribution is 2.25. The normalized spacial score (nSPS) is 14.1. The molecule has 0 unspecified atom stereocenters. The van der Waals surface area contributed by atoms with Crippen molar-refractivity contribution in [3.8, 4) is 17.2 Å². The lowest BCUT2D eigenvalue weighted by atomic mass is 10.0. The maximum atomic E-state index is 12.5. The second kappa shape index (κ2) is 10.5. The molecule has 1 heterocycles. The fourth-order valence-electron chi connectivity index (χ4n) is 3.38. The highest BCUT2D eigenvalue weighted by molar-refractivity contribution is 5.94. The summed E-state index contributed by atoms with van der Waals surface area (Å²) in [4.78, 5) is 26.7. The Labute approximate surface area is 176 Å². The zero-order valence-corrected chi connectivity index (χ0v) is 17.4. The van der Waals surface area contributed by atoms with Crippen molar-refractivity contribution in [3.05, 3.63) is 54.1 Å². The Morgan fingerprint density at radius 3 is 2.30 bits per heavy atom. The smallest absolute Gasteiger partial charge is 0.260 e. The molecule has 30 heavy (non-hydrogen) atoms. The molecule has 0 saturated carbocycles. The topological polar surface area (TPSA) is 77.1 Å². The fourth-order valence-corrected chi connectivity index (χ4v) is 3.38. The maximum Gasteiger partial charge on any atom is 0.260 e. The summed E-state index contributed by atoms with van der Waals surface area (Å²) in [5.41, 5.74) is 0.599. The number of hydrogen-bond acceptors (Lipinski definition) is 5. The lowest BCUT2D eigenvalue weighted by Gasteiger charge is -2.32.